The van der Waals surface area contributed by atoms with Crippen LogP contribution in [0.1, 0.15) is 30.3 Å². The molecule has 0 saturated heterocycles. The number of aryl methyl sites for hydroxylation is 2. The fraction of sp³-hybridized carbons (Fsp3) is 0.318. The molecule has 0 unspecified atom stereocenters. The summed E-state index contributed by atoms with van der Waals surface area (Å²) in [6.45, 7) is 4.01. The predicted octanol–water partition coefficient (Wildman–Crippen LogP) is 1.52. The van der Waals surface area contributed by atoms with Gasteiger partial charge in [-0.3, -0.25) is 19.4 Å². The molecule has 2 aromatic heterocycles. The van der Waals surface area contributed by atoms with Gasteiger partial charge in [-0.25, -0.2) is 4.98 Å². The zero-order chi connectivity index (χ0) is 23.1. The van der Waals surface area contributed by atoms with Gasteiger partial charge >= 0.3 is 11.8 Å². The highest BCUT2D eigenvalue weighted by molar-refractivity contribution is 6.39. The molecule has 0 spiro atoms. The molecule has 2 heterocycles. The van der Waals surface area contributed by atoms with Gasteiger partial charge in [-0.2, -0.15) is 9.78 Å². The maximum absolute atomic E-state index is 12.4. The first-order valence-corrected chi connectivity index (χ1v) is 10.3. The van der Waals surface area contributed by atoms with Crippen molar-refractivity contribution in [1.82, 2.24) is 25.1 Å². The number of aromatic nitrogens is 4. The number of ether oxygens (including phenoxy) is 1. The number of hydrogen-bond acceptors (Lipinski definition) is 6. The van der Waals surface area contributed by atoms with Gasteiger partial charge in [0.1, 0.15) is 11.6 Å². The summed E-state index contributed by atoms with van der Waals surface area (Å²) in [5, 5.41) is 9.41. The fourth-order valence-corrected chi connectivity index (χ4v) is 3.09. The largest absolute Gasteiger partial charge is 0.497 e. The van der Waals surface area contributed by atoms with Crippen molar-refractivity contribution < 1.29 is 14.3 Å². The second kappa shape index (κ2) is 10.4. The van der Waals surface area contributed by atoms with Crippen LogP contribution in [0.4, 0.5) is 5.82 Å². The Morgan fingerprint density at radius 3 is 2.56 bits per heavy atom. The van der Waals surface area contributed by atoms with Gasteiger partial charge in [-0.15, -0.1) is 0 Å². The third-order valence-corrected chi connectivity index (χ3v) is 4.63. The molecule has 32 heavy (non-hydrogen) atoms. The molecule has 0 radical (unpaired) electrons. The molecule has 0 aliphatic heterocycles. The quantitative estimate of drug-likeness (QED) is 0.457. The number of H-pyrrole nitrogens is 1. The normalized spacial score (nSPS) is 10.6. The van der Waals surface area contributed by atoms with E-state index in [4.69, 9.17) is 4.74 Å². The maximum atomic E-state index is 12.4. The van der Waals surface area contributed by atoms with E-state index in [1.807, 2.05) is 31.2 Å². The predicted molar refractivity (Wildman–Crippen MR) is 119 cm³/mol. The third-order valence-electron chi connectivity index (χ3n) is 4.63. The van der Waals surface area contributed by atoms with Gasteiger partial charge in [0.25, 0.3) is 5.56 Å². The van der Waals surface area contributed by atoms with Crippen LogP contribution in [-0.4, -0.2) is 45.2 Å². The van der Waals surface area contributed by atoms with Crippen molar-refractivity contribution in [2.24, 2.45) is 0 Å². The molecule has 1 aromatic carbocycles. The summed E-state index contributed by atoms with van der Waals surface area (Å²) in [4.78, 5) is 43.6. The van der Waals surface area contributed by atoms with Crippen LogP contribution in [0.15, 0.2) is 41.2 Å². The van der Waals surface area contributed by atoms with Crippen LogP contribution in [0, 0.1) is 6.92 Å². The molecule has 10 heteroatoms. The summed E-state index contributed by atoms with van der Waals surface area (Å²) in [6, 6.07) is 10.5. The number of amides is 2. The van der Waals surface area contributed by atoms with Gasteiger partial charge in [0.05, 0.1) is 12.8 Å². The lowest BCUT2D eigenvalue weighted by Gasteiger charge is -2.09. The number of carbonyl (C=O) groups is 2. The molecular formula is C22H26N6O4. The Bertz CT molecular complexity index is 1150. The van der Waals surface area contributed by atoms with Gasteiger partial charge in [-0.05, 0) is 37.5 Å². The van der Waals surface area contributed by atoms with Crippen LogP contribution >= 0.6 is 0 Å². The fourth-order valence-electron chi connectivity index (χ4n) is 3.09. The Kier molecular flexibility index (Phi) is 7.37. The second-order valence-corrected chi connectivity index (χ2v) is 7.20. The highest BCUT2D eigenvalue weighted by Crippen LogP contribution is 2.14. The average molecular weight is 438 g/mol. The first-order chi connectivity index (χ1) is 15.4. The minimum atomic E-state index is -0.840. The zero-order valence-electron chi connectivity index (χ0n) is 18.3. The number of benzene rings is 1. The van der Waals surface area contributed by atoms with Crippen LogP contribution in [0.25, 0.3) is 5.95 Å². The first-order valence-electron chi connectivity index (χ1n) is 10.3. The summed E-state index contributed by atoms with van der Waals surface area (Å²) in [7, 11) is 1.59. The first kappa shape index (κ1) is 22.7. The monoisotopic (exact) mass is 438 g/mol. The molecule has 0 atom stereocenters. The Labute approximate surface area is 185 Å². The van der Waals surface area contributed by atoms with E-state index in [-0.39, 0.29) is 17.3 Å². The van der Waals surface area contributed by atoms with Gasteiger partial charge in [-0.1, -0.05) is 25.5 Å². The van der Waals surface area contributed by atoms with E-state index in [0.717, 1.165) is 17.7 Å². The van der Waals surface area contributed by atoms with Crippen molar-refractivity contribution in [3.8, 4) is 11.7 Å². The van der Waals surface area contributed by atoms with Crippen LogP contribution in [0.3, 0.4) is 0 Å². The molecule has 0 bridgehead atoms. The summed E-state index contributed by atoms with van der Waals surface area (Å²) >= 11 is 0. The van der Waals surface area contributed by atoms with Crippen molar-refractivity contribution in [1.29, 1.82) is 0 Å². The Balaban J connectivity index is 1.65. The van der Waals surface area contributed by atoms with Gasteiger partial charge in [0, 0.05) is 24.4 Å². The number of rotatable bonds is 8. The summed E-state index contributed by atoms with van der Waals surface area (Å²) in [5.74, 6) is -0.461. The number of nitrogens with one attached hydrogen (secondary N) is 3. The smallest absolute Gasteiger partial charge is 0.314 e. The molecule has 10 nitrogen and oxygen atoms in total. The number of anilines is 1. The standard InChI is InChI=1S/C22H26N6O4/c1-4-5-16-13-19(29)26-22(24-16)28-18(12-14(2)27-28)25-21(31)20(30)23-11-10-15-6-8-17(32-3)9-7-15/h6-9,12-13H,4-5,10-11H2,1-3H3,(H,23,30)(H,25,31)(H,24,26,29). The van der Waals surface area contributed by atoms with Crippen LogP contribution in [0.5, 0.6) is 5.75 Å². The highest BCUT2D eigenvalue weighted by atomic mass is 16.5. The lowest BCUT2D eigenvalue weighted by atomic mass is 10.1. The molecule has 2 amide bonds. The minimum absolute atomic E-state index is 0.171. The van der Waals surface area contributed by atoms with Crippen molar-refractivity contribution in [3.63, 3.8) is 0 Å². The van der Waals surface area contributed by atoms with Crippen molar-refractivity contribution in [3.05, 3.63) is 63.7 Å². The van der Waals surface area contributed by atoms with Crippen LogP contribution in [0.2, 0.25) is 0 Å². The number of methoxy groups -OCH3 is 1. The molecule has 0 aliphatic rings. The van der Waals surface area contributed by atoms with E-state index in [0.29, 0.717) is 30.8 Å². The lowest BCUT2D eigenvalue weighted by Crippen LogP contribution is -2.37. The number of aromatic amines is 1. The van der Waals surface area contributed by atoms with Gasteiger partial charge in [0.15, 0.2) is 0 Å². The van der Waals surface area contributed by atoms with E-state index in [2.05, 4.69) is 25.7 Å². The molecule has 168 valence electrons. The molecule has 0 saturated carbocycles. The van der Waals surface area contributed by atoms with E-state index in [1.54, 1.807) is 20.1 Å². The summed E-state index contributed by atoms with van der Waals surface area (Å²) < 4.78 is 6.42. The molecule has 3 N–H and O–H groups in total. The average Bonchev–Trinajstić information content (AvgIpc) is 3.14. The second-order valence-electron chi connectivity index (χ2n) is 7.20. The SMILES string of the molecule is CCCc1cc(=O)[nH]c(-n2nc(C)cc2NC(=O)C(=O)NCCc2ccc(OC)cc2)n1. The Morgan fingerprint density at radius 1 is 1.12 bits per heavy atom. The highest BCUT2D eigenvalue weighted by Gasteiger charge is 2.18. The Hall–Kier alpha value is -3.95. The van der Waals surface area contributed by atoms with Gasteiger partial charge < -0.3 is 15.4 Å². The maximum Gasteiger partial charge on any atom is 0.314 e. The third kappa shape index (κ3) is 5.81. The van der Waals surface area contributed by atoms with Crippen molar-refractivity contribution in [2.75, 3.05) is 19.0 Å². The van der Waals surface area contributed by atoms with Crippen LogP contribution in [-0.2, 0) is 22.4 Å². The molecule has 0 fully saturated rings. The number of hydrogen-bond donors (Lipinski definition) is 3. The molecule has 3 rings (SSSR count). The topological polar surface area (TPSA) is 131 Å². The van der Waals surface area contributed by atoms with Crippen LogP contribution < -0.4 is 20.9 Å². The summed E-state index contributed by atoms with van der Waals surface area (Å²) in [5.41, 5.74) is 1.89. The molecule has 3 aromatic rings. The van der Waals surface area contributed by atoms with Gasteiger partial charge in [0.2, 0.25) is 5.95 Å². The number of carbonyl (C=O) groups excluding carboxylic acids is 2. The summed E-state index contributed by atoms with van der Waals surface area (Å²) in [6.07, 6.45) is 2.03. The van der Waals surface area contributed by atoms with E-state index < -0.39 is 11.8 Å². The lowest BCUT2D eigenvalue weighted by molar-refractivity contribution is -0.136. The minimum Gasteiger partial charge on any atom is -0.497 e. The van der Waals surface area contributed by atoms with E-state index >= 15 is 0 Å². The Morgan fingerprint density at radius 2 is 1.88 bits per heavy atom. The molecular weight excluding hydrogens is 412 g/mol. The molecule has 0 aliphatic carbocycles. The van der Waals surface area contributed by atoms with E-state index in [1.165, 1.54) is 10.7 Å². The van der Waals surface area contributed by atoms with Crippen molar-refractivity contribution >= 4 is 17.6 Å². The zero-order valence-corrected chi connectivity index (χ0v) is 18.3. The van der Waals surface area contributed by atoms with Crippen molar-refractivity contribution in [2.45, 2.75) is 33.1 Å². The number of nitrogens with zero attached hydrogens (tertiary/aromatic N) is 3. The van der Waals surface area contributed by atoms with E-state index in [9.17, 15) is 14.4 Å².